The monoisotopic (exact) mass is 343 g/mol. The summed E-state index contributed by atoms with van der Waals surface area (Å²) in [4.78, 5) is 14.9. The van der Waals surface area contributed by atoms with Crippen LogP contribution in [0.4, 0.5) is 0 Å². The molecule has 1 heterocycles. The van der Waals surface area contributed by atoms with Gasteiger partial charge in [-0.2, -0.15) is 4.98 Å². The molecule has 21 heavy (non-hydrogen) atoms. The Kier molecular flexibility index (Phi) is 3.79. The molecule has 0 bridgehead atoms. The Balaban J connectivity index is 1.81. The van der Waals surface area contributed by atoms with Crippen molar-refractivity contribution in [3.8, 4) is 17.4 Å². The van der Waals surface area contributed by atoms with Crippen molar-refractivity contribution in [2.45, 2.75) is 0 Å². The van der Waals surface area contributed by atoms with Gasteiger partial charge in [-0.1, -0.05) is 18.2 Å². The van der Waals surface area contributed by atoms with Crippen molar-refractivity contribution >= 4 is 22.2 Å². The maximum atomic E-state index is 10.8. The lowest BCUT2D eigenvalue weighted by Crippen LogP contribution is -1.94. The van der Waals surface area contributed by atoms with Crippen LogP contribution in [0.15, 0.2) is 59.3 Å². The van der Waals surface area contributed by atoms with Crippen LogP contribution in [0.1, 0.15) is 10.4 Å². The number of nitrogens with zero attached hydrogens (tertiary/aromatic N) is 3. The van der Waals surface area contributed by atoms with E-state index in [2.05, 4.69) is 26.0 Å². The largest absolute Gasteiger partial charge is 0.423 e. The number of carbonyl (C=O) groups is 1. The molecule has 3 aromatic rings. The van der Waals surface area contributed by atoms with Crippen molar-refractivity contribution in [1.29, 1.82) is 0 Å². The fourth-order valence-corrected chi connectivity index (χ4v) is 2.22. The number of aldehydes is 1. The van der Waals surface area contributed by atoms with Crippen LogP contribution in [0, 0.1) is 0 Å². The molecule has 5 nitrogen and oxygen atoms in total. The van der Waals surface area contributed by atoms with Gasteiger partial charge in [0, 0.05) is 10.0 Å². The molecule has 0 unspecified atom stereocenters. The Hall–Kier alpha value is -2.47. The first kappa shape index (κ1) is 13.5. The molecular weight excluding hydrogens is 334 g/mol. The van der Waals surface area contributed by atoms with Crippen LogP contribution in [-0.2, 0) is 0 Å². The molecule has 0 aliphatic rings. The van der Waals surface area contributed by atoms with Crippen LogP contribution in [0.2, 0.25) is 0 Å². The summed E-state index contributed by atoms with van der Waals surface area (Å²) in [7, 11) is 0. The van der Waals surface area contributed by atoms with Crippen LogP contribution in [0.5, 0.6) is 11.8 Å². The average Bonchev–Trinajstić information content (AvgIpc) is 2.97. The third kappa shape index (κ3) is 3.00. The number of carbonyl (C=O) groups excluding carboxylic acids is 1. The van der Waals surface area contributed by atoms with Gasteiger partial charge in [0.2, 0.25) is 0 Å². The lowest BCUT2D eigenvalue weighted by atomic mass is 10.2. The quantitative estimate of drug-likeness (QED) is 0.678. The summed E-state index contributed by atoms with van der Waals surface area (Å²) in [6.45, 7) is 0. The molecule has 0 fully saturated rings. The second-order valence-corrected chi connectivity index (χ2v) is 5.06. The zero-order valence-corrected chi connectivity index (χ0v) is 12.4. The van der Waals surface area contributed by atoms with Gasteiger partial charge in [0.15, 0.2) is 6.29 Å². The Morgan fingerprint density at radius 2 is 1.95 bits per heavy atom. The standard InChI is InChI=1S/C15H10BrN3O2/c16-14-8-13(7-6-11(14)9-20)21-15-17-10-19(18-15)12-4-2-1-3-5-12/h1-10H. The number of benzene rings is 2. The van der Waals surface area contributed by atoms with E-state index in [1.807, 2.05) is 30.3 Å². The Morgan fingerprint density at radius 3 is 2.67 bits per heavy atom. The number of aromatic nitrogens is 3. The maximum absolute atomic E-state index is 10.8. The van der Waals surface area contributed by atoms with Crippen LogP contribution < -0.4 is 4.74 Å². The van der Waals surface area contributed by atoms with Crippen LogP contribution in [0.25, 0.3) is 5.69 Å². The topological polar surface area (TPSA) is 57.0 Å². The molecule has 0 spiro atoms. The minimum Gasteiger partial charge on any atom is -0.423 e. The predicted molar refractivity (Wildman–Crippen MR) is 81.0 cm³/mol. The van der Waals surface area contributed by atoms with Crippen LogP contribution >= 0.6 is 15.9 Å². The summed E-state index contributed by atoms with van der Waals surface area (Å²) in [6.07, 6.45) is 2.36. The fraction of sp³-hybridized carbons (Fsp3) is 0. The molecule has 6 heteroatoms. The number of rotatable bonds is 4. The summed E-state index contributed by atoms with van der Waals surface area (Å²) in [5.41, 5.74) is 1.46. The third-order valence-electron chi connectivity index (χ3n) is 2.80. The van der Waals surface area contributed by atoms with Crippen molar-refractivity contribution in [3.63, 3.8) is 0 Å². The first-order valence-electron chi connectivity index (χ1n) is 6.16. The average molecular weight is 344 g/mol. The maximum Gasteiger partial charge on any atom is 0.341 e. The zero-order chi connectivity index (χ0) is 14.7. The summed E-state index contributed by atoms with van der Waals surface area (Å²) >= 11 is 3.31. The Labute approximate surface area is 129 Å². The molecule has 2 aromatic carbocycles. The van der Waals surface area contributed by atoms with Gasteiger partial charge in [0.05, 0.1) is 5.69 Å². The molecule has 1 aromatic heterocycles. The van der Waals surface area contributed by atoms with Crippen molar-refractivity contribution in [1.82, 2.24) is 14.8 Å². The summed E-state index contributed by atoms with van der Waals surface area (Å²) < 4.78 is 7.87. The van der Waals surface area contributed by atoms with Gasteiger partial charge in [0.25, 0.3) is 0 Å². The van der Waals surface area contributed by atoms with Gasteiger partial charge in [-0.05, 0) is 46.3 Å². The van der Waals surface area contributed by atoms with E-state index in [9.17, 15) is 4.79 Å². The van der Waals surface area contributed by atoms with Crippen molar-refractivity contribution in [2.24, 2.45) is 0 Å². The molecule has 104 valence electrons. The van der Waals surface area contributed by atoms with Gasteiger partial charge >= 0.3 is 6.01 Å². The number of halogens is 1. The normalized spacial score (nSPS) is 10.3. The van der Waals surface area contributed by atoms with E-state index >= 15 is 0 Å². The molecule has 0 saturated heterocycles. The number of para-hydroxylation sites is 1. The molecule has 0 atom stereocenters. The highest BCUT2D eigenvalue weighted by molar-refractivity contribution is 9.10. The first-order chi connectivity index (χ1) is 10.3. The molecule has 0 radical (unpaired) electrons. The molecular formula is C15H10BrN3O2. The Morgan fingerprint density at radius 1 is 1.14 bits per heavy atom. The van der Waals surface area contributed by atoms with E-state index in [0.29, 0.717) is 15.8 Å². The van der Waals surface area contributed by atoms with Gasteiger partial charge in [0.1, 0.15) is 12.1 Å². The third-order valence-corrected chi connectivity index (χ3v) is 3.49. The van der Waals surface area contributed by atoms with E-state index in [0.717, 1.165) is 12.0 Å². The lowest BCUT2D eigenvalue weighted by Gasteiger charge is -2.03. The summed E-state index contributed by atoms with van der Waals surface area (Å²) in [5, 5.41) is 4.25. The van der Waals surface area contributed by atoms with Crippen LogP contribution in [0.3, 0.4) is 0 Å². The van der Waals surface area contributed by atoms with Gasteiger partial charge in [-0.25, -0.2) is 4.68 Å². The molecule has 3 rings (SSSR count). The lowest BCUT2D eigenvalue weighted by molar-refractivity contribution is 0.112. The fourth-order valence-electron chi connectivity index (χ4n) is 1.77. The molecule has 0 aliphatic carbocycles. The molecule has 0 aliphatic heterocycles. The van der Waals surface area contributed by atoms with Gasteiger partial charge in [-0.3, -0.25) is 4.79 Å². The number of hydrogen-bond donors (Lipinski definition) is 0. The summed E-state index contributed by atoms with van der Waals surface area (Å²) in [5.74, 6) is 0.554. The van der Waals surface area contributed by atoms with E-state index in [4.69, 9.17) is 4.74 Å². The second-order valence-electron chi connectivity index (χ2n) is 4.21. The number of hydrogen-bond acceptors (Lipinski definition) is 4. The second kappa shape index (κ2) is 5.88. The van der Waals surface area contributed by atoms with Gasteiger partial charge < -0.3 is 4.74 Å². The highest BCUT2D eigenvalue weighted by Crippen LogP contribution is 2.24. The molecule has 0 N–H and O–H groups in total. The van der Waals surface area contributed by atoms with Crippen molar-refractivity contribution in [3.05, 3.63) is 64.9 Å². The SMILES string of the molecule is O=Cc1ccc(Oc2ncn(-c3ccccc3)n2)cc1Br. The zero-order valence-electron chi connectivity index (χ0n) is 10.8. The van der Waals surface area contributed by atoms with Crippen molar-refractivity contribution in [2.75, 3.05) is 0 Å². The minimum absolute atomic E-state index is 0.240. The summed E-state index contributed by atoms with van der Waals surface area (Å²) in [6, 6.07) is 14.9. The smallest absolute Gasteiger partial charge is 0.341 e. The predicted octanol–water partition coefficient (Wildman–Crippen LogP) is 3.63. The highest BCUT2D eigenvalue weighted by atomic mass is 79.9. The highest BCUT2D eigenvalue weighted by Gasteiger charge is 2.07. The first-order valence-corrected chi connectivity index (χ1v) is 6.95. The Bertz CT molecular complexity index is 772. The molecule has 0 amide bonds. The van der Waals surface area contributed by atoms with Crippen molar-refractivity contribution < 1.29 is 9.53 Å². The van der Waals surface area contributed by atoms with E-state index in [1.165, 1.54) is 0 Å². The number of ether oxygens (including phenoxy) is 1. The van der Waals surface area contributed by atoms with E-state index < -0.39 is 0 Å². The van der Waals surface area contributed by atoms with E-state index in [-0.39, 0.29) is 6.01 Å². The van der Waals surface area contributed by atoms with E-state index in [1.54, 1.807) is 29.2 Å². The van der Waals surface area contributed by atoms with Gasteiger partial charge in [-0.15, -0.1) is 5.10 Å². The van der Waals surface area contributed by atoms with Crippen LogP contribution in [-0.4, -0.2) is 21.1 Å². The molecule has 0 saturated carbocycles. The minimum atomic E-state index is 0.240.